The van der Waals surface area contributed by atoms with E-state index in [0.717, 1.165) is 12.0 Å². The first-order valence-electron chi connectivity index (χ1n) is 6.76. The molecule has 1 N–H and O–H groups in total. The minimum Gasteiger partial charge on any atom is -0.314 e. The van der Waals surface area contributed by atoms with Crippen molar-refractivity contribution in [3.63, 3.8) is 0 Å². The molecule has 1 saturated carbocycles. The molecule has 1 atom stereocenters. The van der Waals surface area contributed by atoms with E-state index in [1.165, 1.54) is 42.9 Å². The van der Waals surface area contributed by atoms with Crippen molar-refractivity contribution in [1.29, 1.82) is 0 Å². The number of nitrogens with one attached hydrogen (secondary N) is 1. The second-order valence-electron chi connectivity index (χ2n) is 5.09. The zero-order chi connectivity index (χ0) is 11.9. The van der Waals surface area contributed by atoms with E-state index in [1.54, 1.807) is 0 Å². The van der Waals surface area contributed by atoms with Crippen LogP contribution < -0.4 is 5.32 Å². The second-order valence-corrected chi connectivity index (χ2v) is 6.26. The maximum atomic E-state index is 3.66. The Morgan fingerprint density at radius 3 is 2.71 bits per heavy atom. The summed E-state index contributed by atoms with van der Waals surface area (Å²) in [5.41, 5.74) is 0. The van der Waals surface area contributed by atoms with Crippen molar-refractivity contribution in [2.75, 3.05) is 12.3 Å². The highest BCUT2D eigenvalue weighted by atomic mass is 32.2. The average Bonchev–Trinajstić information content (AvgIpc) is 2.28. The minimum absolute atomic E-state index is 0.798. The molecule has 0 radical (unpaired) electrons. The summed E-state index contributed by atoms with van der Waals surface area (Å²) in [4.78, 5) is 1.40. The SMILES string of the molecule is CC(CCSc1ccccc1)CNC1CCC1. The third-order valence-corrected chi connectivity index (χ3v) is 4.53. The summed E-state index contributed by atoms with van der Waals surface area (Å²) in [5.74, 6) is 2.03. The van der Waals surface area contributed by atoms with Crippen LogP contribution in [0.4, 0.5) is 0 Å². The van der Waals surface area contributed by atoms with Crippen molar-refractivity contribution in [3.05, 3.63) is 30.3 Å². The molecule has 17 heavy (non-hydrogen) atoms. The van der Waals surface area contributed by atoms with E-state index >= 15 is 0 Å². The Kier molecular flexibility index (Phi) is 5.40. The number of rotatable bonds is 7. The third-order valence-electron chi connectivity index (χ3n) is 3.48. The van der Waals surface area contributed by atoms with Crippen LogP contribution >= 0.6 is 11.8 Å². The molecule has 1 aliphatic carbocycles. The van der Waals surface area contributed by atoms with Gasteiger partial charge in [-0.05, 0) is 49.6 Å². The molecule has 1 fully saturated rings. The molecular formula is C15H23NS. The average molecular weight is 249 g/mol. The lowest BCUT2D eigenvalue weighted by Gasteiger charge is -2.28. The van der Waals surface area contributed by atoms with Gasteiger partial charge in [0, 0.05) is 10.9 Å². The van der Waals surface area contributed by atoms with Crippen molar-refractivity contribution >= 4 is 11.8 Å². The largest absolute Gasteiger partial charge is 0.314 e. The van der Waals surface area contributed by atoms with Gasteiger partial charge >= 0.3 is 0 Å². The van der Waals surface area contributed by atoms with E-state index in [9.17, 15) is 0 Å². The Bertz CT molecular complexity index is 308. The summed E-state index contributed by atoms with van der Waals surface area (Å²) >= 11 is 1.97. The molecule has 1 nitrogen and oxygen atoms in total. The van der Waals surface area contributed by atoms with Crippen LogP contribution in [0.15, 0.2) is 35.2 Å². The summed E-state index contributed by atoms with van der Waals surface area (Å²) in [7, 11) is 0. The van der Waals surface area contributed by atoms with Gasteiger partial charge in [0.15, 0.2) is 0 Å². The second kappa shape index (κ2) is 7.07. The van der Waals surface area contributed by atoms with Crippen LogP contribution in [0.3, 0.4) is 0 Å². The lowest BCUT2D eigenvalue weighted by molar-refractivity contribution is 0.319. The van der Waals surface area contributed by atoms with Crippen molar-refractivity contribution in [2.45, 2.75) is 43.5 Å². The Hall–Kier alpha value is -0.470. The fourth-order valence-electron chi connectivity index (χ4n) is 1.98. The van der Waals surface area contributed by atoms with Gasteiger partial charge in [-0.2, -0.15) is 0 Å². The summed E-state index contributed by atoms with van der Waals surface area (Å²) in [5, 5.41) is 3.66. The maximum absolute atomic E-state index is 3.66. The number of hydrogen-bond acceptors (Lipinski definition) is 2. The van der Waals surface area contributed by atoms with Crippen LogP contribution in [-0.4, -0.2) is 18.3 Å². The van der Waals surface area contributed by atoms with Crippen molar-refractivity contribution in [2.24, 2.45) is 5.92 Å². The van der Waals surface area contributed by atoms with Crippen molar-refractivity contribution < 1.29 is 0 Å². The third kappa shape index (κ3) is 4.72. The topological polar surface area (TPSA) is 12.0 Å². The lowest BCUT2D eigenvalue weighted by atomic mass is 9.92. The zero-order valence-electron chi connectivity index (χ0n) is 10.7. The number of hydrogen-bond donors (Lipinski definition) is 1. The van der Waals surface area contributed by atoms with Gasteiger partial charge in [-0.3, -0.25) is 0 Å². The standard InChI is InChI=1S/C15H23NS/c1-13(12-16-14-6-5-7-14)10-11-17-15-8-3-2-4-9-15/h2-4,8-9,13-14,16H,5-7,10-12H2,1H3. The van der Waals surface area contributed by atoms with Crippen molar-refractivity contribution in [1.82, 2.24) is 5.32 Å². The Morgan fingerprint density at radius 2 is 2.06 bits per heavy atom. The first kappa shape index (κ1) is 13.0. The first-order valence-corrected chi connectivity index (χ1v) is 7.74. The van der Waals surface area contributed by atoms with E-state index in [4.69, 9.17) is 0 Å². The van der Waals surface area contributed by atoms with E-state index in [-0.39, 0.29) is 0 Å². The fraction of sp³-hybridized carbons (Fsp3) is 0.600. The zero-order valence-corrected chi connectivity index (χ0v) is 11.5. The van der Waals surface area contributed by atoms with Crippen LogP contribution in [0.5, 0.6) is 0 Å². The molecule has 0 spiro atoms. The molecule has 0 aliphatic heterocycles. The Balaban J connectivity index is 1.54. The summed E-state index contributed by atoms with van der Waals surface area (Å²) in [6.45, 7) is 3.55. The van der Waals surface area contributed by atoms with E-state index in [2.05, 4.69) is 42.6 Å². The van der Waals surface area contributed by atoms with Crippen LogP contribution in [0, 0.1) is 5.92 Å². The lowest BCUT2D eigenvalue weighted by Crippen LogP contribution is -2.37. The quantitative estimate of drug-likeness (QED) is 0.734. The molecule has 1 aromatic carbocycles. The highest BCUT2D eigenvalue weighted by Crippen LogP contribution is 2.21. The molecule has 2 heteroatoms. The van der Waals surface area contributed by atoms with Gasteiger partial charge in [-0.25, -0.2) is 0 Å². The Morgan fingerprint density at radius 1 is 1.29 bits per heavy atom. The normalized spacial score (nSPS) is 17.7. The van der Waals surface area contributed by atoms with Gasteiger partial charge in [0.2, 0.25) is 0 Å². The molecular weight excluding hydrogens is 226 g/mol. The van der Waals surface area contributed by atoms with Crippen LogP contribution in [0.25, 0.3) is 0 Å². The van der Waals surface area contributed by atoms with Gasteiger partial charge in [0.1, 0.15) is 0 Å². The van der Waals surface area contributed by atoms with Crippen molar-refractivity contribution in [3.8, 4) is 0 Å². The van der Waals surface area contributed by atoms with E-state index in [1.807, 2.05) is 11.8 Å². The molecule has 1 unspecified atom stereocenters. The number of benzene rings is 1. The summed E-state index contributed by atoms with van der Waals surface area (Å²) < 4.78 is 0. The Labute approximate surface area is 109 Å². The maximum Gasteiger partial charge on any atom is 0.00719 e. The highest BCUT2D eigenvalue weighted by molar-refractivity contribution is 7.99. The monoisotopic (exact) mass is 249 g/mol. The van der Waals surface area contributed by atoms with Gasteiger partial charge in [0.25, 0.3) is 0 Å². The summed E-state index contributed by atoms with van der Waals surface area (Å²) in [6.07, 6.45) is 5.52. The highest BCUT2D eigenvalue weighted by Gasteiger charge is 2.16. The van der Waals surface area contributed by atoms with Crippen LogP contribution in [0.1, 0.15) is 32.6 Å². The van der Waals surface area contributed by atoms with Crippen LogP contribution in [-0.2, 0) is 0 Å². The van der Waals surface area contributed by atoms with Gasteiger partial charge in [0.05, 0.1) is 0 Å². The molecule has 0 heterocycles. The van der Waals surface area contributed by atoms with Gasteiger partial charge in [-0.1, -0.05) is 31.5 Å². The molecule has 1 aliphatic rings. The van der Waals surface area contributed by atoms with Gasteiger partial charge in [-0.15, -0.1) is 11.8 Å². The fourth-order valence-corrected chi connectivity index (χ4v) is 3.08. The van der Waals surface area contributed by atoms with E-state index in [0.29, 0.717) is 0 Å². The molecule has 0 aromatic heterocycles. The molecule has 0 amide bonds. The van der Waals surface area contributed by atoms with Gasteiger partial charge < -0.3 is 5.32 Å². The molecule has 0 saturated heterocycles. The predicted octanol–water partition coefficient (Wildman–Crippen LogP) is 3.95. The van der Waals surface area contributed by atoms with E-state index < -0.39 is 0 Å². The number of thioether (sulfide) groups is 1. The molecule has 0 bridgehead atoms. The molecule has 94 valence electrons. The predicted molar refractivity (Wildman–Crippen MR) is 76.6 cm³/mol. The minimum atomic E-state index is 0.798. The first-order chi connectivity index (χ1) is 8.34. The summed E-state index contributed by atoms with van der Waals surface area (Å²) in [6, 6.07) is 11.5. The molecule has 1 aromatic rings. The smallest absolute Gasteiger partial charge is 0.00719 e. The van der Waals surface area contributed by atoms with Crippen LogP contribution in [0.2, 0.25) is 0 Å². The molecule has 2 rings (SSSR count).